The van der Waals surface area contributed by atoms with Gasteiger partial charge in [0.25, 0.3) is 0 Å². The molecule has 0 radical (unpaired) electrons. The highest BCUT2D eigenvalue weighted by Gasteiger charge is 2.19. The zero-order valence-electron chi connectivity index (χ0n) is 12.6. The molecule has 0 spiro atoms. The first-order valence-electron chi connectivity index (χ1n) is 7.40. The standard InChI is InChI=1S/C16H22N4O2/c1-2-8-17-16(22)18-15(21)13-19-9-11-20(12-10-19)14-6-4-3-5-7-14/h2-7H,1,8-13H2,(H2,17,18,21,22). The summed E-state index contributed by atoms with van der Waals surface area (Å²) in [5.41, 5.74) is 1.20. The topological polar surface area (TPSA) is 64.7 Å². The second-order valence-electron chi connectivity index (χ2n) is 5.15. The van der Waals surface area contributed by atoms with Gasteiger partial charge >= 0.3 is 6.03 Å². The van der Waals surface area contributed by atoms with Crippen LogP contribution in [-0.4, -0.2) is 56.1 Å². The summed E-state index contributed by atoms with van der Waals surface area (Å²) in [6.45, 7) is 7.43. The Kier molecular flexibility index (Phi) is 5.97. The van der Waals surface area contributed by atoms with Crippen LogP contribution in [-0.2, 0) is 4.79 Å². The molecule has 0 atom stereocenters. The van der Waals surface area contributed by atoms with Crippen LogP contribution in [0.4, 0.5) is 10.5 Å². The third kappa shape index (κ3) is 4.89. The van der Waals surface area contributed by atoms with Crippen molar-refractivity contribution < 1.29 is 9.59 Å². The molecule has 1 heterocycles. The van der Waals surface area contributed by atoms with Crippen LogP contribution in [0.2, 0.25) is 0 Å². The van der Waals surface area contributed by atoms with Crippen molar-refractivity contribution in [3.63, 3.8) is 0 Å². The third-order valence-electron chi connectivity index (χ3n) is 3.52. The normalized spacial score (nSPS) is 15.2. The van der Waals surface area contributed by atoms with Crippen LogP contribution in [0.25, 0.3) is 0 Å². The average Bonchev–Trinajstić information content (AvgIpc) is 2.54. The predicted octanol–water partition coefficient (Wildman–Crippen LogP) is 0.820. The van der Waals surface area contributed by atoms with Crippen molar-refractivity contribution in [2.24, 2.45) is 0 Å². The molecule has 118 valence electrons. The molecule has 2 rings (SSSR count). The van der Waals surface area contributed by atoms with Crippen LogP contribution in [0.3, 0.4) is 0 Å². The molecule has 0 unspecified atom stereocenters. The molecule has 0 aromatic heterocycles. The summed E-state index contributed by atoms with van der Waals surface area (Å²) in [6.07, 6.45) is 1.56. The molecule has 6 nitrogen and oxygen atoms in total. The summed E-state index contributed by atoms with van der Waals surface area (Å²) >= 11 is 0. The van der Waals surface area contributed by atoms with Gasteiger partial charge in [0.15, 0.2) is 0 Å². The maximum atomic E-state index is 11.8. The molecule has 22 heavy (non-hydrogen) atoms. The van der Waals surface area contributed by atoms with E-state index in [1.54, 1.807) is 6.08 Å². The van der Waals surface area contributed by atoms with Crippen LogP contribution in [0.15, 0.2) is 43.0 Å². The van der Waals surface area contributed by atoms with E-state index in [9.17, 15) is 9.59 Å². The van der Waals surface area contributed by atoms with Gasteiger partial charge in [-0.3, -0.25) is 15.0 Å². The number of nitrogens with one attached hydrogen (secondary N) is 2. The van der Waals surface area contributed by atoms with Crippen molar-refractivity contribution >= 4 is 17.6 Å². The molecule has 0 saturated carbocycles. The van der Waals surface area contributed by atoms with E-state index < -0.39 is 6.03 Å². The lowest BCUT2D eigenvalue weighted by molar-refractivity contribution is -0.121. The first-order valence-corrected chi connectivity index (χ1v) is 7.40. The van der Waals surface area contributed by atoms with Gasteiger partial charge in [-0.25, -0.2) is 4.79 Å². The average molecular weight is 302 g/mol. The number of para-hydroxylation sites is 1. The fourth-order valence-electron chi connectivity index (χ4n) is 2.38. The van der Waals surface area contributed by atoms with Gasteiger partial charge in [-0.2, -0.15) is 0 Å². The highest BCUT2D eigenvalue weighted by molar-refractivity contribution is 5.95. The number of imide groups is 1. The number of benzene rings is 1. The Balaban J connectivity index is 1.72. The maximum absolute atomic E-state index is 11.8. The molecule has 1 aliphatic rings. The Morgan fingerprint density at radius 2 is 1.82 bits per heavy atom. The second-order valence-corrected chi connectivity index (χ2v) is 5.15. The Bertz CT molecular complexity index is 510. The number of piperazine rings is 1. The lowest BCUT2D eigenvalue weighted by atomic mass is 10.2. The maximum Gasteiger partial charge on any atom is 0.321 e. The van der Waals surface area contributed by atoms with E-state index in [1.807, 2.05) is 18.2 Å². The van der Waals surface area contributed by atoms with Crippen molar-refractivity contribution in [2.75, 3.05) is 44.2 Å². The zero-order chi connectivity index (χ0) is 15.8. The van der Waals surface area contributed by atoms with Gasteiger partial charge in [0.2, 0.25) is 5.91 Å². The quantitative estimate of drug-likeness (QED) is 0.791. The van der Waals surface area contributed by atoms with Gasteiger partial charge in [-0.1, -0.05) is 24.3 Å². The number of hydrogen-bond acceptors (Lipinski definition) is 4. The van der Waals surface area contributed by atoms with Crippen LogP contribution in [0.1, 0.15) is 0 Å². The van der Waals surface area contributed by atoms with Gasteiger partial charge in [-0.15, -0.1) is 6.58 Å². The molecular weight excluding hydrogens is 280 g/mol. The highest BCUT2D eigenvalue weighted by Crippen LogP contribution is 2.15. The van der Waals surface area contributed by atoms with E-state index in [-0.39, 0.29) is 12.5 Å². The molecule has 2 N–H and O–H groups in total. The smallest absolute Gasteiger partial charge is 0.321 e. The number of amides is 3. The monoisotopic (exact) mass is 302 g/mol. The molecule has 0 aliphatic carbocycles. The number of carbonyl (C=O) groups excluding carboxylic acids is 2. The Labute approximate surface area is 130 Å². The fourth-order valence-corrected chi connectivity index (χ4v) is 2.38. The van der Waals surface area contributed by atoms with Crippen LogP contribution < -0.4 is 15.5 Å². The van der Waals surface area contributed by atoms with E-state index in [0.29, 0.717) is 6.54 Å². The number of urea groups is 1. The van der Waals surface area contributed by atoms with Gasteiger partial charge in [0.05, 0.1) is 6.54 Å². The minimum atomic E-state index is -0.479. The van der Waals surface area contributed by atoms with E-state index in [0.717, 1.165) is 26.2 Å². The molecule has 1 saturated heterocycles. The number of nitrogens with zero attached hydrogens (tertiary/aromatic N) is 2. The molecule has 1 aliphatic heterocycles. The number of carbonyl (C=O) groups is 2. The van der Waals surface area contributed by atoms with Crippen molar-refractivity contribution in [1.82, 2.24) is 15.5 Å². The largest absolute Gasteiger partial charge is 0.369 e. The summed E-state index contributed by atoms with van der Waals surface area (Å²) in [4.78, 5) is 27.5. The van der Waals surface area contributed by atoms with Gasteiger partial charge in [-0.05, 0) is 12.1 Å². The van der Waals surface area contributed by atoms with E-state index in [1.165, 1.54) is 5.69 Å². The minimum absolute atomic E-state index is 0.240. The first kappa shape index (κ1) is 16.0. The van der Waals surface area contributed by atoms with Gasteiger partial charge < -0.3 is 10.2 Å². The van der Waals surface area contributed by atoms with Gasteiger partial charge in [0.1, 0.15) is 0 Å². The number of anilines is 1. The number of rotatable bonds is 5. The van der Waals surface area contributed by atoms with Crippen LogP contribution in [0.5, 0.6) is 0 Å². The van der Waals surface area contributed by atoms with Crippen molar-refractivity contribution in [3.8, 4) is 0 Å². The first-order chi connectivity index (χ1) is 10.7. The number of hydrogen-bond donors (Lipinski definition) is 2. The Hall–Kier alpha value is -2.34. The summed E-state index contributed by atoms with van der Waals surface area (Å²) in [7, 11) is 0. The summed E-state index contributed by atoms with van der Waals surface area (Å²) in [5.74, 6) is -0.283. The van der Waals surface area contributed by atoms with Crippen molar-refractivity contribution in [1.29, 1.82) is 0 Å². The Morgan fingerprint density at radius 1 is 1.14 bits per heavy atom. The lowest BCUT2D eigenvalue weighted by Gasteiger charge is -2.35. The summed E-state index contributed by atoms with van der Waals surface area (Å²) < 4.78 is 0. The highest BCUT2D eigenvalue weighted by atomic mass is 16.2. The van der Waals surface area contributed by atoms with E-state index in [2.05, 4.69) is 39.1 Å². The SMILES string of the molecule is C=CCNC(=O)NC(=O)CN1CCN(c2ccccc2)CC1. The predicted molar refractivity (Wildman–Crippen MR) is 86.8 cm³/mol. The third-order valence-corrected chi connectivity index (χ3v) is 3.52. The van der Waals surface area contributed by atoms with E-state index >= 15 is 0 Å². The molecule has 1 fully saturated rings. The van der Waals surface area contributed by atoms with Crippen molar-refractivity contribution in [2.45, 2.75) is 0 Å². The van der Waals surface area contributed by atoms with Crippen LogP contribution >= 0.6 is 0 Å². The summed E-state index contributed by atoms with van der Waals surface area (Å²) in [6, 6.07) is 9.75. The second kappa shape index (κ2) is 8.19. The van der Waals surface area contributed by atoms with Crippen molar-refractivity contribution in [3.05, 3.63) is 43.0 Å². The molecule has 0 bridgehead atoms. The fraction of sp³-hybridized carbons (Fsp3) is 0.375. The molecule has 1 aromatic rings. The molecule has 6 heteroatoms. The Morgan fingerprint density at radius 3 is 2.45 bits per heavy atom. The minimum Gasteiger partial charge on any atom is -0.369 e. The van der Waals surface area contributed by atoms with Gasteiger partial charge in [0, 0.05) is 38.4 Å². The van der Waals surface area contributed by atoms with Crippen LogP contribution in [0, 0.1) is 0 Å². The molecule has 3 amide bonds. The lowest BCUT2D eigenvalue weighted by Crippen LogP contribution is -2.51. The zero-order valence-corrected chi connectivity index (χ0v) is 12.6. The molecular formula is C16H22N4O2. The van der Waals surface area contributed by atoms with E-state index in [4.69, 9.17) is 0 Å². The molecule has 1 aromatic carbocycles. The summed E-state index contributed by atoms with van der Waals surface area (Å²) in [5, 5.41) is 4.83.